The van der Waals surface area contributed by atoms with E-state index in [1.807, 2.05) is 0 Å². The smallest absolute Gasteiger partial charge is 0.225 e. The highest BCUT2D eigenvalue weighted by molar-refractivity contribution is 7.18. The molecule has 1 saturated heterocycles. The highest BCUT2D eigenvalue weighted by atomic mass is 35.5. The van der Waals surface area contributed by atoms with Gasteiger partial charge in [-0.15, -0.1) is 11.3 Å². The lowest BCUT2D eigenvalue weighted by Crippen LogP contribution is -2.19. The summed E-state index contributed by atoms with van der Waals surface area (Å²) in [5, 5.41) is 4.73. The van der Waals surface area contributed by atoms with Gasteiger partial charge in [0.15, 0.2) is 0 Å². The minimum Gasteiger partial charge on any atom is -0.376 e. The molecule has 1 N–H and O–H groups in total. The Morgan fingerprint density at radius 2 is 2.40 bits per heavy atom. The Balaban J connectivity index is 1.77. The van der Waals surface area contributed by atoms with Gasteiger partial charge in [0.2, 0.25) is 5.95 Å². The summed E-state index contributed by atoms with van der Waals surface area (Å²) in [6.07, 6.45) is 4.70. The van der Waals surface area contributed by atoms with E-state index in [2.05, 4.69) is 28.3 Å². The molecular weight excluding hydrogens is 294 g/mol. The highest BCUT2D eigenvalue weighted by Crippen LogP contribution is 2.30. The van der Waals surface area contributed by atoms with Gasteiger partial charge in [0, 0.05) is 23.4 Å². The summed E-state index contributed by atoms with van der Waals surface area (Å²) >= 11 is 7.96. The largest absolute Gasteiger partial charge is 0.376 e. The first-order valence-electron chi connectivity index (χ1n) is 7.07. The highest BCUT2D eigenvalue weighted by Gasteiger charge is 2.16. The maximum absolute atomic E-state index is 6.26. The summed E-state index contributed by atoms with van der Waals surface area (Å²) in [4.78, 5) is 11.2. The third kappa shape index (κ3) is 3.05. The molecule has 1 fully saturated rings. The van der Waals surface area contributed by atoms with Crippen LogP contribution in [0.1, 0.15) is 31.1 Å². The van der Waals surface area contributed by atoms with Crippen molar-refractivity contribution in [1.82, 2.24) is 9.97 Å². The van der Waals surface area contributed by atoms with Crippen LogP contribution < -0.4 is 5.32 Å². The number of nitrogens with one attached hydrogen (secondary N) is 1. The van der Waals surface area contributed by atoms with Gasteiger partial charge in [0.25, 0.3) is 0 Å². The van der Waals surface area contributed by atoms with Gasteiger partial charge >= 0.3 is 0 Å². The van der Waals surface area contributed by atoms with Crippen molar-refractivity contribution in [3.63, 3.8) is 0 Å². The maximum atomic E-state index is 6.26. The standard InChI is InChI=1S/C14H18ClN3OS/c1-2-4-10-7-11-12(15)17-14(18-13(11)20-10)16-8-9-5-3-6-19-9/h7,9H,2-6,8H2,1H3,(H,16,17,18). The van der Waals surface area contributed by atoms with E-state index >= 15 is 0 Å². The average molecular weight is 312 g/mol. The number of nitrogens with zero attached hydrogens (tertiary/aromatic N) is 2. The van der Waals surface area contributed by atoms with Crippen LogP contribution in [0.25, 0.3) is 10.2 Å². The molecule has 3 heterocycles. The Bertz CT molecular complexity index is 595. The van der Waals surface area contributed by atoms with Gasteiger partial charge in [-0.3, -0.25) is 0 Å². The first kappa shape index (κ1) is 14.0. The zero-order valence-corrected chi connectivity index (χ0v) is 13.1. The Labute approximate surface area is 127 Å². The molecule has 1 aliphatic heterocycles. The number of aromatic nitrogens is 2. The third-order valence-electron chi connectivity index (χ3n) is 3.41. The minimum atomic E-state index is 0.270. The fourth-order valence-electron chi connectivity index (χ4n) is 2.40. The lowest BCUT2D eigenvalue weighted by atomic mass is 10.2. The number of anilines is 1. The number of ether oxygens (including phenoxy) is 1. The van der Waals surface area contributed by atoms with Gasteiger partial charge in [-0.2, -0.15) is 0 Å². The van der Waals surface area contributed by atoms with Crippen LogP contribution >= 0.6 is 22.9 Å². The molecule has 108 valence electrons. The van der Waals surface area contributed by atoms with Crippen LogP contribution in [0, 0.1) is 0 Å². The second-order valence-electron chi connectivity index (χ2n) is 5.04. The maximum Gasteiger partial charge on any atom is 0.225 e. The summed E-state index contributed by atoms with van der Waals surface area (Å²) < 4.78 is 5.58. The van der Waals surface area contributed by atoms with Gasteiger partial charge in [0.1, 0.15) is 9.98 Å². The third-order valence-corrected chi connectivity index (χ3v) is 4.78. The summed E-state index contributed by atoms with van der Waals surface area (Å²) in [5.74, 6) is 0.600. The van der Waals surface area contributed by atoms with Crippen molar-refractivity contribution in [2.75, 3.05) is 18.5 Å². The predicted octanol–water partition coefficient (Wildman–Crippen LogP) is 3.89. The summed E-state index contributed by atoms with van der Waals surface area (Å²) in [6.45, 7) is 3.78. The molecule has 1 unspecified atom stereocenters. The minimum absolute atomic E-state index is 0.270. The average Bonchev–Trinajstić information content (AvgIpc) is 3.05. The van der Waals surface area contributed by atoms with Crippen molar-refractivity contribution in [2.24, 2.45) is 0 Å². The molecule has 1 aliphatic rings. The molecule has 0 bridgehead atoms. The van der Waals surface area contributed by atoms with Crippen molar-refractivity contribution in [1.29, 1.82) is 0 Å². The molecule has 0 aliphatic carbocycles. The Kier molecular flexibility index (Phi) is 4.38. The first-order valence-corrected chi connectivity index (χ1v) is 8.27. The van der Waals surface area contributed by atoms with Crippen LogP contribution in [0.4, 0.5) is 5.95 Å². The Morgan fingerprint density at radius 3 is 3.15 bits per heavy atom. The van der Waals surface area contributed by atoms with Crippen LogP contribution in [0.5, 0.6) is 0 Å². The number of hydrogen-bond donors (Lipinski definition) is 1. The van der Waals surface area contributed by atoms with Crippen molar-refractivity contribution >= 4 is 39.1 Å². The van der Waals surface area contributed by atoms with E-state index in [1.165, 1.54) is 4.88 Å². The van der Waals surface area contributed by atoms with Crippen LogP contribution in [-0.4, -0.2) is 29.2 Å². The van der Waals surface area contributed by atoms with Crippen molar-refractivity contribution in [3.05, 3.63) is 16.1 Å². The molecule has 4 nitrogen and oxygen atoms in total. The van der Waals surface area contributed by atoms with Crippen LogP contribution in [0.15, 0.2) is 6.07 Å². The van der Waals surface area contributed by atoms with Gasteiger partial charge < -0.3 is 10.1 Å². The SMILES string of the molecule is CCCc1cc2c(Cl)nc(NCC3CCCO3)nc2s1. The number of rotatable bonds is 5. The topological polar surface area (TPSA) is 47.0 Å². The fraction of sp³-hybridized carbons (Fsp3) is 0.571. The Morgan fingerprint density at radius 1 is 1.50 bits per heavy atom. The van der Waals surface area contributed by atoms with Crippen molar-refractivity contribution < 1.29 is 4.74 Å². The molecule has 0 amide bonds. The number of thiophene rings is 1. The monoisotopic (exact) mass is 311 g/mol. The zero-order valence-electron chi connectivity index (χ0n) is 11.5. The lowest BCUT2D eigenvalue weighted by molar-refractivity contribution is 0.120. The van der Waals surface area contributed by atoms with E-state index in [1.54, 1.807) is 11.3 Å². The van der Waals surface area contributed by atoms with Crippen LogP contribution in [0.3, 0.4) is 0 Å². The van der Waals surface area contributed by atoms with E-state index in [-0.39, 0.29) is 6.10 Å². The van der Waals surface area contributed by atoms with E-state index < -0.39 is 0 Å². The number of hydrogen-bond acceptors (Lipinski definition) is 5. The zero-order chi connectivity index (χ0) is 13.9. The van der Waals surface area contributed by atoms with Gasteiger partial charge in [-0.05, 0) is 25.3 Å². The number of aryl methyl sites for hydroxylation is 1. The second-order valence-corrected chi connectivity index (χ2v) is 6.51. The van der Waals surface area contributed by atoms with Gasteiger partial charge in [0.05, 0.1) is 6.10 Å². The first-order chi connectivity index (χ1) is 9.76. The van der Waals surface area contributed by atoms with Crippen molar-refractivity contribution in [3.8, 4) is 0 Å². The fourth-order valence-corrected chi connectivity index (χ4v) is 3.80. The quantitative estimate of drug-likeness (QED) is 0.851. The van der Waals surface area contributed by atoms with E-state index in [0.717, 1.165) is 49.1 Å². The van der Waals surface area contributed by atoms with E-state index in [0.29, 0.717) is 11.1 Å². The van der Waals surface area contributed by atoms with E-state index in [9.17, 15) is 0 Å². The molecule has 2 aromatic heterocycles. The summed E-state index contributed by atoms with van der Waals surface area (Å²) in [7, 11) is 0. The van der Waals surface area contributed by atoms with Crippen LogP contribution in [-0.2, 0) is 11.2 Å². The molecule has 1 atom stereocenters. The molecule has 0 aromatic carbocycles. The number of fused-ring (bicyclic) bond motifs is 1. The molecular formula is C14H18ClN3OS. The molecule has 2 aromatic rings. The molecule has 0 spiro atoms. The summed E-state index contributed by atoms with van der Waals surface area (Å²) in [6, 6.07) is 2.11. The molecule has 0 radical (unpaired) electrons. The molecule has 0 saturated carbocycles. The molecule has 20 heavy (non-hydrogen) atoms. The van der Waals surface area contributed by atoms with E-state index in [4.69, 9.17) is 16.3 Å². The Hall–Kier alpha value is -0.910. The second kappa shape index (κ2) is 6.24. The predicted molar refractivity (Wildman–Crippen MR) is 83.9 cm³/mol. The summed E-state index contributed by atoms with van der Waals surface area (Å²) in [5.41, 5.74) is 0. The molecule has 3 rings (SSSR count). The van der Waals surface area contributed by atoms with Crippen LogP contribution in [0.2, 0.25) is 5.15 Å². The van der Waals surface area contributed by atoms with Gasteiger partial charge in [-0.1, -0.05) is 24.9 Å². The normalized spacial score (nSPS) is 18.8. The molecule has 6 heteroatoms. The van der Waals surface area contributed by atoms with Crippen molar-refractivity contribution in [2.45, 2.75) is 38.7 Å². The van der Waals surface area contributed by atoms with Gasteiger partial charge in [-0.25, -0.2) is 9.97 Å². The lowest BCUT2D eigenvalue weighted by Gasteiger charge is -2.10. The number of halogens is 1.